The first kappa shape index (κ1) is 20.3. The maximum atomic E-state index is 13.1. The van der Waals surface area contributed by atoms with E-state index >= 15 is 0 Å². The summed E-state index contributed by atoms with van der Waals surface area (Å²) in [6, 6.07) is 6.39. The Hall–Kier alpha value is -1.43. The van der Waals surface area contributed by atoms with E-state index in [4.69, 9.17) is 11.6 Å². The first-order chi connectivity index (χ1) is 12.9. The number of piperidine rings is 1. The van der Waals surface area contributed by atoms with Gasteiger partial charge in [-0.15, -0.1) is 11.3 Å². The highest BCUT2D eigenvalue weighted by molar-refractivity contribution is 7.17. The number of carbonyl (C=O) groups is 1. The van der Waals surface area contributed by atoms with Crippen LogP contribution in [0.15, 0.2) is 18.2 Å². The van der Waals surface area contributed by atoms with Crippen molar-refractivity contribution in [3.63, 3.8) is 0 Å². The molecule has 0 saturated carbocycles. The van der Waals surface area contributed by atoms with Crippen LogP contribution in [0.1, 0.15) is 47.6 Å². The van der Waals surface area contributed by atoms with Gasteiger partial charge in [-0.05, 0) is 57.5 Å². The number of aromatic nitrogens is 1. The molecule has 0 atom stereocenters. The van der Waals surface area contributed by atoms with Gasteiger partial charge in [0.1, 0.15) is 9.88 Å². The Morgan fingerprint density at radius 3 is 2.52 bits per heavy atom. The molecular weight excluding hydrogens is 378 g/mol. The zero-order valence-corrected chi connectivity index (χ0v) is 18.2. The van der Waals surface area contributed by atoms with Crippen LogP contribution < -0.4 is 0 Å². The second-order valence-corrected chi connectivity index (χ2v) is 8.57. The van der Waals surface area contributed by atoms with E-state index in [1.165, 1.54) is 11.3 Å². The molecule has 146 valence electrons. The molecule has 1 amide bonds. The van der Waals surface area contributed by atoms with Crippen LogP contribution in [0.3, 0.4) is 0 Å². The Morgan fingerprint density at radius 2 is 1.93 bits per heavy atom. The van der Waals surface area contributed by atoms with Crippen molar-refractivity contribution in [3.8, 4) is 10.6 Å². The van der Waals surface area contributed by atoms with E-state index in [9.17, 15) is 4.79 Å². The van der Waals surface area contributed by atoms with Crippen molar-refractivity contribution in [2.45, 2.75) is 46.6 Å². The second-order valence-electron chi connectivity index (χ2n) is 7.14. The lowest BCUT2D eigenvalue weighted by molar-refractivity contribution is 0.0635. The molecule has 6 heteroatoms. The Morgan fingerprint density at radius 1 is 1.26 bits per heavy atom. The monoisotopic (exact) mass is 405 g/mol. The number of thiazole rings is 1. The number of hydrogen-bond acceptors (Lipinski definition) is 4. The van der Waals surface area contributed by atoms with Crippen molar-refractivity contribution in [2.24, 2.45) is 0 Å². The van der Waals surface area contributed by atoms with Crippen LogP contribution >= 0.6 is 22.9 Å². The molecule has 27 heavy (non-hydrogen) atoms. The van der Waals surface area contributed by atoms with Gasteiger partial charge in [-0.25, -0.2) is 4.98 Å². The SMILES string of the molecule is CCN(CC)C1CCN(C(=O)c2sc(-c3ccc(Cl)cc3C)nc2C)CC1. The number of amides is 1. The Bertz CT molecular complexity index is 808. The lowest BCUT2D eigenvalue weighted by Crippen LogP contribution is -2.46. The third-order valence-electron chi connectivity index (χ3n) is 5.49. The number of rotatable bonds is 5. The summed E-state index contributed by atoms with van der Waals surface area (Å²) < 4.78 is 0. The molecule has 0 N–H and O–H groups in total. The van der Waals surface area contributed by atoms with Crippen LogP contribution in [0.2, 0.25) is 5.02 Å². The van der Waals surface area contributed by atoms with E-state index in [1.807, 2.05) is 36.9 Å². The summed E-state index contributed by atoms with van der Waals surface area (Å²) in [6.07, 6.45) is 2.10. The Labute approximate surface area is 171 Å². The van der Waals surface area contributed by atoms with Crippen LogP contribution in [0, 0.1) is 13.8 Å². The first-order valence-corrected chi connectivity index (χ1v) is 10.9. The molecule has 3 rings (SSSR count). The molecule has 1 saturated heterocycles. The summed E-state index contributed by atoms with van der Waals surface area (Å²) in [5, 5.41) is 1.61. The third-order valence-corrected chi connectivity index (χ3v) is 6.90. The number of likely N-dealkylation sites (tertiary alicyclic amines) is 1. The minimum Gasteiger partial charge on any atom is -0.338 e. The van der Waals surface area contributed by atoms with Gasteiger partial charge in [0.15, 0.2) is 0 Å². The van der Waals surface area contributed by atoms with Crippen LogP contribution in [0.25, 0.3) is 10.6 Å². The van der Waals surface area contributed by atoms with Crippen molar-refractivity contribution in [1.82, 2.24) is 14.8 Å². The molecule has 2 aromatic rings. The lowest BCUT2D eigenvalue weighted by Gasteiger charge is -2.37. The molecular formula is C21H28ClN3OS. The molecule has 0 aliphatic carbocycles. The van der Waals surface area contributed by atoms with E-state index in [2.05, 4.69) is 23.7 Å². The molecule has 1 aromatic carbocycles. The van der Waals surface area contributed by atoms with Crippen LogP contribution in [0.5, 0.6) is 0 Å². The lowest BCUT2D eigenvalue weighted by atomic mass is 10.0. The molecule has 1 aromatic heterocycles. The Balaban J connectivity index is 1.74. The van der Waals surface area contributed by atoms with Crippen molar-refractivity contribution >= 4 is 28.8 Å². The average Bonchev–Trinajstić information content (AvgIpc) is 3.04. The smallest absolute Gasteiger partial charge is 0.265 e. The van der Waals surface area contributed by atoms with E-state index in [-0.39, 0.29) is 5.91 Å². The summed E-state index contributed by atoms with van der Waals surface area (Å²) in [7, 11) is 0. The van der Waals surface area contributed by atoms with Crippen LogP contribution in [0.4, 0.5) is 0 Å². The van der Waals surface area contributed by atoms with Crippen LogP contribution in [-0.4, -0.2) is 52.9 Å². The first-order valence-electron chi connectivity index (χ1n) is 9.71. The molecule has 2 heterocycles. The van der Waals surface area contributed by atoms with Crippen molar-refractivity contribution in [2.75, 3.05) is 26.2 Å². The van der Waals surface area contributed by atoms with Gasteiger partial charge >= 0.3 is 0 Å². The Kier molecular flexibility index (Phi) is 6.56. The maximum absolute atomic E-state index is 13.1. The molecule has 0 spiro atoms. The predicted molar refractivity (Wildman–Crippen MR) is 114 cm³/mol. The normalized spacial score (nSPS) is 15.6. The van der Waals surface area contributed by atoms with E-state index in [0.29, 0.717) is 6.04 Å². The van der Waals surface area contributed by atoms with Crippen LogP contribution in [-0.2, 0) is 0 Å². The van der Waals surface area contributed by atoms with Gasteiger partial charge in [-0.3, -0.25) is 4.79 Å². The summed E-state index contributed by atoms with van der Waals surface area (Å²) >= 11 is 7.56. The quantitative estimate of drug-likeness (QED) is 0.700. The minimum absolute atomic E-state index is 0.126. The molecule has 1 aliphatic heterocycles. The van der Waals surface area contributed by atoms with E-state index in [0.717, 1.165) is 70.7 Å². The standard InChI is InChI=1S/C21H28ClN3OS/c1-5-24(6-2)17-9-11-25(12-10-17)21(26)19-15(4)23-20(27-19)18-8-7-16(22)13-14(18)3/h7-8,13,17H,5-6,9-12H2,1-4H3. The summed E-state index contributed by atoms with van der Waals surface area (Å²) in [5.74, 6) is 0.126. The maximum Gasteiger partial charge on any atom is 0.265 e. The summed E-state index contributed by atoms with van der Waals surface area (Å²) in [4.78, 5) is 23.0. The second kappa shape index (κ2) is 8.72. The number of carbonyl (C=O) groups excluding carboxylic acids is 1. The average molecular weight is 406 g/mol. The van der Waals surface area contributed by atoms with Crippen molar-refractivity contribution in [3.05, 3.63) is 39.4 Å². The minimum atomic E-state index is 0.126. The van der Waals surface area contributed by atoms with Crippen molar-refractivity contribution in [1.29, 1.82) is 0 Å². The van der Waals surface area contributed by atoms with Gasteiger partial charge in [-0.1, -0.05) is 31.5 Å². The highest BCUT2D eigenvalue weighted by atomic mass is 35.5. The largest absolute Gasteiger partial charge is 0.338 e. The number of aryl methyl sites for hydroxylation is 2. The highest BCUT2D eigenvalue weighted by Crippen LogP contribution is 2.32. The fourth-order valence-corrected chi connectivity index (χ4v) is 5.25. The van der Waals surface area contributed by atoms with Gasteiger partial charge in [0.05, 0.1) is 5.69 Å². The van der Waals surface area contributed by atoms with Gasteiger partial charge < -0.3 is 9.80 Å². The van der Waals surface area contributed by atoms with Gasteiger partial charge in [-0.2, -0.15) is 0 Å². The fourth-order valence-electron chi connectivity index (χ4n) is 3.89. The molecule has 1 fully saturated rings. The van der Waals surface area contributed by atoms with Gasteiger partial charge in [0.2, 0.25) is 0 Å². The molecule has 0 unspecified atom stereocenters. The van der Waals surface area contributed by atoms with Gasteiger partial charge in [0.25, 0.3) is 5.91 Å². The number of hydrogen-bond donors (Lipinski definition) is 0. The fraction of sp³-hybridized carbons (Fsp3) is 0.524. The highest BCUT2D eigenvalue weighted by Gasteiger charge is 2.28. The van der Waals surface area contributed by atoms with Gasteiger partial charge in [0, 0.05) is 29.7 Å². The van der Waals surface area contributed by atoms with E-state index in [1.54, 1.807) is 0 Å². The molecule has 4 nitrogen and oxygen atoms in total. The molecule has 0 radical (unpaired) electrons. The molecule has 0 bridgehead atoms. The predicted octanol–water partition coefficient (Wildman–Crippen LogP) is 5.03. The summed E-state index contributed by atoms with van der Waals surface area (Å²) in [6.45, 7) is 12.2. The third kappa shape index (κ3) is 4.36. The number of halogens is 1. The topological polar surface area (TPSA) is 36.4 Å². The number of nitrogens with zero attached hydrogens (tertiary/aromatic N) is 3. The zero-order valence-electron chi connectivity index (χ0n) is 16.6. The van der Waals surface area contributed by atoms with E-state index < -0.39 is 0 Å². The summed E-state index contributed by atoms with van der Waals surface area (Å²) in [5.41, 5.74) is 2.95. The van der Waals surface area contributed by atoms with Crippen molar-refractivity contribution < 1.29 is 4.79 Å². The zero-order chi connectivity index (χ0) is 19.6. The molecule has 1 aliphatic rings. The number of benzene rings is 1.